The van der Waals surface area contributed by atoms with Crippen LogP contribution in [0.3, 0.4) is 0 Å². The van der Waals surface area contributed by atoms with Crippen LogP contribution in [-0.4, -0.2) is 6.10 Å². The van der Waals surface area contributed by atoms with Crippen LogP contribution in [0, 0.1) is 6.92 Å². The maximum absolute atomic E-state index is 5.82. The highest BCUT2D eigenvalue weighted by Crippen LogP contribution is 2.28. The minimum Gasteiger partial charge on any atom is -0.491 e. The van der Waals surface area contributed by atoms with Crippen LogP contribution in [0.5, 0.6) is 0 Å². The molecule has 1 nitrogen and oxygen atoms in total. The molecule has 1 saturated carbocycles. The summed E-state index contributed by atoms with van der Waals surface area (Å²) in [5.41, 5.74) is 7.22. The van der Waals surface area contributed by atoms with E-state index in [0.29, 0.717) is 6.10 Å². The first-order valence-electron chi connectivity index (χ1n) is 9.77. The first-order valence-corrected chi connectivity index (χ1v) is 9.77. The largest absolute Gasteiger partial charge is 0.491 e. The molecule has 1 aliphatic rings. The third kappa shape index (κ3) is 5.47. The van der Waals surface area contributed by atoms with E-state index in [4.69, 9.17) is 4.74 Å². The molecule has 2 rings (SSSR count). The van der Waals surface area contributed by atoms with Crippen molar-refractivity contribution < 1.29 is 4.74 Å². The minimum atomic E-state index is 0.363. The van der Waals surface area contributed by atoms with Crippen LogP contribution >= 0.6 is 0 Å². The summed E-state index contributed by atoms with van der Waals surface area (Å²) in [6, 6.07) is 6.59. The summed E-state index contributed by atoms with van der Waals surface area (Å²) >= 11 is 0. The van der Waals surface area contributed by atoms with Crippen LogP contribution in [0.4, 0.5) is 0 Å². The highest BCUT2D eigenvalue weighted by Gasteiger charge is 2.18. The fourth-order valence-corrected chi connectivity index (χ4v) is 3.25. The summed E-state index contributed by atoms with van der Waals surface area (Å²) in [7, 11) is 0. The Morgan fingerprint density at radius 1 is 1.15 bits per heavy atom. The van der Waals surface area contributed by atoms with E-state index in [1.807, 2.05) is 19.1 Å². The lowest BCUT2D eigenvalue weighted by Gasteiger charge is -2.26. The van der Waals surface area contributed by atoms with Crippen LogP contribution in [0.2, 0.25) is 0 Å². The number of hydrogen-bond acceptors (Lipinski definition) is 1. The summed E-state index contributed by atoms with van der Waals surface area (Å²) in [5.74, 6) is 0.742. The molecule has 1 fully saturated rings. The predicted molar refractivity (Wildman–Crippen MR) is 119 cm³/mol. The maximum Gasteiger partial charge on any atom is 0.112 e. The van der Waals surface area contributed by atoms with E-state index in [1.165, 1.54) is 34.3 Å². The second-order valence-electron chi connectivity index (χ2n) is 7.04. The molecule has 0 radical (unpaired) electrons. The minimum absolute atomic E-state index is 0.363. The average Bonchev–Trinajstić information content (AvgIpc) is 2.61. The van der Waals surface area contributed by atoms with Gasteiger partial charge in [0.25, 0.3) is 0 Å². The lowest BCUT2D eigenvalue weighted by atomic mass is 9.93. The molecule has 1 heteroatoms. The zero-order valence-corrected chi connectivity index (χ0v) is 17.2. The van der Waals surface area contributed by atoms with Gasteiger partial charge in [-0.1, -0.05) is 61.7 Å². The molecule has 0 amide bonds. The van der Waals surface area contributed by atoms with E-state index >= 15 is 0 Å². The van der Waals surface area contributed by atoms with E-state index in [2.05, 4.69) is 76.4 Å². The zero-order chi connectivity index (χ0) is 19.8. The first-order chi connectivity index (χ1) is 13.0. The third-order valence-electron chi connectivity index (χ3n) is 5.03. The van der Waals surface area contributed by atoms with Gasteiger partial charge in [-0.2, -0.15) is 0 Å². The first kappa shape index (κ1) is 20.8. The Balaban J connectivity index is 2.22. The molecule has 0 bridgehead atoms. The Bertz CT molecular complexity index is 811. The van der Waals surface area contributed by atoms with Gasteiger partial charge in [-0.05, 0) is 86.4 Å². The quantitative estimate of drug-likeness (QED) is 0.343. The molecule has 1 aromatic carbocycles. The van der Waals surface area contributed by atoms with Crippen molar-refractivity contribution in [3.8, 4) is 0 Å². The van der Waals surface area contributed by atoms with Crippen molar-refractivity contribution in [2.45, 2.75) is 53.1 Å². The molecular formula is C26H32O. The van der Waals surface area contributed by atoms with Crippen molar-refractivity contribution in [3.63, 3.8) is 0 Å². The van der Waals surface area contributed by atoms with Gasteiger partial charge in [0.15, 0.2) is 0 Å². The number of allylic oxidation sites excluding steroid dienone is 9. The van der Waals surface area contributed by atoms with Crippen molar-refractivity contribution in [1.82, 2.24) is 0 Å². The van der Waals surface area contributed by atoms with Crippen molar-refractivity contribution in [2.75, 3.05) is 0 Å². The maximum atomic E-state index is 5.82. The Labute approximate surface area is 165 Å². The summed E-state index contributed by atoms with van der Waals surface area (Å²) in [4.78, 5) is 0. The monoisotopic (exact) mass is 360 g/mol. The second kappa shape index (κ2) is 9.97. The molecule has 1 aliphatic carbocycles. The number of ether oxygens (including phenoxy) is 1. The van der Waals surface area contributed by atoms with E-state index in [1.54, 1.807) is 0 Å². The summed E-state index contributed by atoms with van der Waals surface area (Å²) in [6.07, 6.45) is 16.2. The molecule has 0 N–H and O–H groups in total. The second-order valence-corrected chi connectivity index (χ2v) is 7.04. The molecule has 0 heterocycles. The van der Waals surface area contributed by atoms with Gasteiger partial charge in [0.05, 0.1) is 6.10 Å². The molecule has 0 unspecified atom stereocenters. The van der Waals surface area contributed by atoms with Crippen molar-refractivity contribution in [3.05, 3.63) is 95.8 Å². The van der Waals surface area contributed by atoms with Crippen LogP contribution in [0.25, 0.3) is 11.1 Å². The zero-order valence-electron chi connectivity index (χ0n) is 17.2. The molecule has 0 atom stereocenters. The SMILES string of the molecule is C=C/C(=C(C)\C=C/C)c1ccc(C(/C=C\C(=C)OC2CCC2)=C/C)cc1C. The summed E-state index contributed by atoms with van der Waals surface area (Å²) in [5, 5.41) is 0. The lowest BCUT2D eigenvalue weighted by Crippen LogP contribution is -2.20. The lowest BCUT2D eigenvalue weighted by molar-refractivity contribution is 0.0599. The van der Waals surface area contributed by atoms with E-state index in [9.17, 15) is 0 Å². The van der Waals surface area contributed by atoms with Gasteiger partial charge < -0.3 is 4.74 Å². The number of benzene rings is 1. The van der Waals surface area contributed by atoms with Gasteiger partial charge in [-0.15, -0.1) is 0 Å². The topological polar surface area (TPSA) is 9.23 Å². The third-order valence-corrected chi connectivity index (χ3v) is 5.03. The fraction of sp³-hybridized carbons (Fsp3) is 0.308. The Morgan fingerprint density at radius 2 is 1.89 bits per heavy atom. The van der Waals surface area contributed by atoms with Gasteiger partial charge in [0.1, 0.15) is 5.76 Å². The Kier molecular flexibility index (Phi) is 7.67. The van der Waals surface area contributed by atoms with Gasteiger partial charge in [0, 0.05) is 0 Å². The molecule has 0 spiro atoms. The number of rotatable bonds is 8. The summed E-state index contributed by atoms with van der Waals surface area (Å²) in [6.45, 7) is 16.4. The molecule has 27 heavy (non-hydrogen) atoms. The van der Waals surface area contributed by atoms with Crippen LogP contribution in [0.1, 0.15) is 56.7 Å². The number of aryl methyl sites for hydroxylation is 1. The van der Waals surface area contributed by atoms with Crippen molar-refractivity contribution in [2.24, 2.45) is 0 Å². The standard InChI is InChI=1S/C26H32O/c1-7-11-19(4)25(9-3)26-17-16-23(18-20(26)5)22(8-2)15-14-21(6)27-24-12-10-13-24/h7-9,11,14-18,24H,3,6,10,12-13H2,1-2,4-5H3/b11-7-,15-14-,22-8+,25-19+. The molecular weight excluding hydrogens is 328 g/mol. The van der Waals surface area contributed by atoms with Crippen LogP contribution in [-0.2, 0) is 4.74 Å². The Morgan fingerprint density at radius 3 is 2.41 bits per heavy atom. The van der Waals surface area contributed by atoms with Crippen molar-refractivity contribution >= 4 is 11.1 Å². The highest BCUT2D eigenvalue weighted by atomic mass is 16.5. The normalized spacial score (nSPS) is 16.4. The fourth-order valence-electron chi connectivity index (χ4n) is 3.25. The van der Waals surface area contributed by atoms with E-state index in [-0.39, 0.29) is 0 Å². The van der Waals surface area contributed by atoms with Gasteiger partial charge in [-0.3, -0.25) is 0 Å². The van der Waals surface area contributed by atoms with Gasteiger partial charge >= 0.3 is 0 Å². The van der Waals surface area contributed by atoms with Crippen LogP contribution in [0.15, 0.2) is 79.1 Å². The smallest absolute Gasteiger partial charge is 0.112 e. The van der Waals surface area contributed by atoms with E-state index in [0.717, 1.165) is 24.2 Å². The van der Waals surface area contributed by atoms with Gasteiger partial charge in [0.2, 0.25) is 0 Å². The summed E-state index contributed by atoms with van der Waals surface area (Å²) < 4.78 is 5.82. The predicted octanol–water partition coefficient (Wildman–Crippen LogP) is 7.57. The van der Waals surface area contributed by atoms with E-state index < -0.39 is 0 Å². The molecule has 1 aromatic rings. The average molecular weight is 361 g/mol. The molecule has 0 aliphatic heterocycles. The van der Waals surface area contributed by atoms with Crippen molar-refractivity contribution in [1.29, 1.82) is 0 Å². The Hall–Kier alpha value is -2.54. The van der Waals surface area contributed by atoms with Gasteiger partial charge in [-0.25, -0.2) is 0 Å². The molecule has 0 aromatic heterocycles. The highest BCUT2D eigenvalue weighted by molar-refractivity contribution is 5.82. The molecule has 0 saturated heterocycles. The number of hydrogen-bond donors (Lipinski definition) is 0. The van der Waals surface area contributed by atoms with Crippen LogP contribution < -0.4 is 0 Å². The molecule has 142 valence electrons.